The van der Waals surface area contributed by atoms with Crippen LogP contribution in [0.5, 0.6) is 10.9 Å². The van der Waals surface area contributed by atoms with Gasteiger partial charge in [-0.2, -0.15) is 0 Å². The van der Waals surface area contributed by atoms with Crippen molar-refractivity contribution >= 4 is 44.7 Å². The number of carbonyl (C=O) groups excluding carboxylic acids is 2. The summed E-state index contributed by atoms with van der Waals surface area (Å²) in [5.41, 5.74) is 0.450. The molecule has 7 heteroatoms. The van der Waals surface area contributed by atoms with Crippen molar-refractivity contribution in [3.05, 3.63) is 52.5 Å². The summed E-state index contributed by atoms with van der Waals surface area (Å²) in [7, 11) is 0. The van der Waals surface area contributed by atoms with Gasteiger partial charge >= 0.3 is 0 Å². The minimum absolute atomic E-state index is 0.212. The molecule has 32 heavy (non-hydrogen) atoms. The number of thiazole rings is 1. The van der Waals surface area contributed by atoms with Crippen molar-refractivity contribution in [1.29, 1.82) is 0 Å². The van der Waals surface area contributed by atoms with Crippen LogP contribution in [0.4, 0.5) is 0 Å². The van der Waals surface area contributed by atoms with Crippen LogP contribution in [0.2, 0.25) is 5.02 Å². The number of halogens is 1. The summed E-state index contributed by atoms with van der Waals surface area (Å²) in [6.45, 7) is 6.94. The number of fused-ring (bicyclic) bond motifs is 1. The van der Waals surface area contributed by atoms with Gasteiger partial charge in [0, 0.05) is 5.02 Å². The van der Waals surface area contributed by atoms with E-state index < -0.39 is 17.1 Å². The predicted octanol–water partition coefficient (Wildman–Crippen LogP) is 6.43. The lowest BCUT2D eigenvalue weighted by Crippen LogP contribution is -2.58. The number of aromatic nitrogens is 1. The number of hydrogen-bond acceptors (Lipinski definition) is 6. The molecule has 0 N–H and O–H groups in total. The van der Waals surface area contributed by atoms with Crippen LogP contribution < -0.4 is 4.74 Å². The van der Waals surface area contributed by atoms with E-state index in [1.165, 1.54) is 11.3 Å². The van der Waals surface area contributed by atoms with Crippen LogP contribution in [0.25, 0.3) is 10.2 Å². The number of carbonyl (C=O) groups is 2. The van der Waals surface area contributed by atoms with Crippen molar-refractivity contribution < 1.29 is 19.1 Å². The highest BCUT2D eigenvalue weighted by Crippen LogP contribution is 2.48. The summed E-state index contributed by atoms with van der Waals surface area (Å²) < 4.78 is 12.9. The molecule has 0 unspecified atom stereocenters. The van der Waals surface area contributed by atoms with E-state index in [0.29, 0.717) is 21.9 Å². The van der Waals surface area contributed by atoms with E-state index in [-0.39, 0.29) is 11.6 Å². The molecule has 0 bridgehead atoms. The second kappa shape index (κ2) is 7.37. The number of Topliss-reactive ketones (excluding diaryl/α,β-unsaturated/α-hetero) is 2. The van der Waals surface area contributed by atoms with Crippen LogP contribution in [0, 0.1) is 0 Å². The van der Waals surface area contributed by atoms with Crippen LogP contribution in [0.3, 0.4) is 0 Å². The monoisotopic (exact) mass is 469 g/mol. The maximum atomic E-state index is 13.4. The van der Waals surface area contributed by atoms with E-state index in [0.717, 1.165) is 34.2 Å². The largest absolute Gasteiger partial charge is 0.431 e. The zero-order valence-electron chi connectivity index (χ0n) is 18.4. The first-order valence-corrected chi connectivity index (χ1v) is 11.9. The molecule has 3 aromatic rings. The summed E-state index contributed by atoms with van der Waals surface area (Å²) in [5, 5.41) is 1.10. The molecule has 1 saturated heterocycles. The van der Waals surface area contributed by atoms with Crippen LogP contribution in [0.1, 0.15) is 63.5 Å². The van der Waals surface area contributed by atoms with Gasteiger partial charge in [0.2, 0.25) is 0 Å². The second-order valence-corrected chi connectivity index (χ2v) is 11.0. The first-order chi connectivity index (χ1) is 15.0. The van der Waals surface area contributed by atoms with Gasteiger partial charge in [-0.05, 0) is 87.9 Å². The fourth-order valence-electron chi connectivity index (χ4n) is 4.49. The molecule has 2 fully saturated rings. The lowest BCUT2D eigenvalue weighted by molar-refractivity contribution is -0.184. The number of rotatable bonds is 4. The number of hydrogen-bond donors (Lipinski definition) is 0. The van der Waals surface area contributed by atoms with Crippen molar-refractivity contribution in [2.24, 2.45) is 0 Å². The average molecular weight is 470 g/mol. The molecule has 1 aliphatic carbocycles. The summed E-state index contributed by atoms with van der Waals surface area (Å²) in [5.74, 6) is -0.372. The lowest BCUT2D eigenvalue weighted by Gasteiger charge is -2.43. The average Bonchev–Trinajstić information content (AvgIpc) is 3.47. The molecule has 0 amide bonds. The van der Waals surface area contributed by atoms with Crippen molar-refractivity contribution in [2.45, 2.75) is 63.6 Å². The molecule has 2 aliphatic rings. The molecule has 5 nitrogen and oxygen atoms in total. The standard InChI is InChI=1S/C25H24ClNO4S/c1-24(2)21(28)20(22(29)25(3,4)31-24)17-12-15(8-9-16(17)13-5-6-13)30-23-27-18-11-14(26)7-10-19(18)32-23/h7-13,20H,5-6H2,1-4H3. The molecule has 0 radical (unpaired) electrons. The van der Waals surface area contributed by atoms with Crippen molar-refractivity contribution in [1.82, 2.24) is 4.98 Å². The molecule has 2 heterocycles. The molecule has 2 aromatic carbocycles. The molecular weight excluding hydrogens is 446 g/mol. The van der Waals surface area contributed by atoms with Crippen LogP contribution >= 0.6 is 22.9 Å². The lowest BCUT2D eigenvalue weighted by atomic mass is 9.73. The minimum Gasteiger partial charge on any atom is -0.431 e. The van der Waals surface area contributed by atoms with Gasteiger partial charge < -0.3 is 9.47 Å². The minimum atomic E-state index is -1.05. The Balaban J connectivity index is 1.56. The Labute approximate surface area is 195 Å². The first kappa shape index (κ1) is 21.6. The van der Waals surface area contributed by atoms with Gasteiger partial charge in [-0.3, -0.25) is 9.59 Å². The molecule has 5 rings (SSSR count). The van der Waals surface area contributed by atoms with E-state index in [4.69, 9.17) is 21.1 Å². The SMILES string of the molecule is CC1(C)OC(C)(C)C(=O)C(c2cc(Oc3nc4cc(Cl)ccc4s3)ccc2C2CC2)C1=O. The predicted molar refractivity (Wildman–Crippen MR) is 125 cm³/mol. The van der Waals surface area contributed by atoms with Gasteiger partial charge in [0.25, 0.3) is 5.19 Å². The van der Waals surface area contributed by atoms with Crippen molar-refractivity contribution in [2.75, 3.05) is 0 Å². The number of ether oxygens (including phenoxy) is 2. The molecule has 1 aromatic heterocycles. The van der Waals surface area contributed by atoms with Crippen molar-refractivity contribution in [3.8, 4) is 10.9 Å². The van der Waals surface area contributed by atoms with Gasteiger partial charge in [0.05, 0.1) is 10.2 Å². The molecule has 0 atom stereocenters. The van der Waals surface area contributed by atoms with Crippen LogP contribution in [-0.2, 0) is 14.3 Å². The second-order valence-electron chi connectivity index (χ2n) is 9.54. The third-order valence-corrected chi connectivity index (χ3v) is 7.29. The van der Waals surface area contributed by atoms with Gasteiger partial charge in [-0.25, -0.2) is 4.98 Å². The highest BCUT2D eigenvalue weighted by Gasteiger charge is 2.53. The smallest absolute Gasteiger partial charge is 0.279 e. The van der Waals surface area contributed by atoms with E-state index >= 15 is 0 Å². The highest BCUT2D eigenvalue weighted by molar-refractivity contribution is 7.20. The van der Waals surface area contributed by atoms with Crippen molar-refractivity contribution in [3.63, 3.8) is 0 Å². The summed E-state index contributed by atoms with van der Waals surface area (Å²) >= 11 is 7.49. The van der Waals surface area contributed by atoms with E-state index in [2.05, 4.69) is 4.98 Å². The fraction of sp³-hybridized carbons (Fsp3) is 0.400. The Morgan fingerprint density at radius 2 is 1.69 bits per heavy atom. The summed E-state index contributed by atoms with van der Waals surface area (Å²) in [6.07, 6.45) is 2.12. The number of ketones is 2. The van der Waals surface area contributed by atoms with Gasteiger partial charge in [0.15, 0.2) is 11.6 Å². The number of nitrogens with zero attached hydrogens (tertiary/aromatic N) is 1. The maximum Gasteiger partial charge on any atom is 0.279 e. The Kier molecular flexibility index (Phi) is 4.97. The molecule has 0 spiro atoms. The van der Waals surface area contributed by atoms with E-state index in [1.807, 2.05) is 30.3 Å². The quantitative estimate of drug-likeness (QED) is 0.412. The molecule has 1 saturated carbocycles. The number of benzene rings is 2. The first-order valence-electron chi connectivity index (χ1n) is 10.7. The van der Waals surface area contributed by atoms with Gasteiger partial charge in [-0.15, -0.1) is 0 Å². The third-order valence-electron chi connectivity index (χ3n) is 6.14. The zero-order valence-corrected chi connectivity index (χ0v) is 20.0. The normalized spacial score (nSPS) is 20.7. The summed E-state index contributed by atoms with van der Waals surface area (Å²) in [4.78, 5) is 31.2. The van der Waals surface area contributed by atoms with E-state index in [1.54, 1.807) is 33.8 Å². The third kappa shape index (κ3) is 3.74. The van der Waals surface area contributed by atoms with Crippen LogP contribution in [-0.4, -0.2) is 27.8 Å². The zero-order chi connectivity index (χ0) is 22.8. The topological polar surface area (TPSA) is 65.5 Å². The van der Waals surface area contributed by atoms with E-state index in [9.17, 15) is 9.59 Å². The Hall–Kier alpha value is -2.28. The Morgan fingerprint density at radius 3 is 2.34 bits per heavy atom. The fourth-order valence-corrected chi connectivity index (χ4v) is 5.47. The summed E-state index contributed by atoms with van der Waals surface area (Å²) in [6, 6.07) is 11.2. The Morgan fingerprint density at radius 1 is 1.00 bits per heavy atom. The molecular formula is C25H24ClNO4S. The molecule has 1 aliphatic heterocycles. The highest BCUT2D eigenvalue weighted by atomic mass is 35.5. The van der Waals surface area contributed by atoms with Gasteiger partial charge in [-0.1, -0.05) is 29.0 Å². The Bertz CT molecular complexity index is 1230. The molecule has 166 valence electrons. The van der Waals surface area contributed by atoms with Gasteiger partial charge in [0.1, 0.15) is 22.9 Å². The maximum absolute atomic E-state index is 13.4. The van der Waals surface area contributed by atoms with Crippen LogP contribution in [0.15, 0.2) is 36.4 Å².